The quantitative estimate of drug-likeness (QED) is 0.373. The van der Waals surface area contributed by atoms with Gasteiger partial charge in [0.25, 0.3) is 0 Å². The molecule has 0 spiro atoms. The molecule has 0 saturated carbocycles. The summed E-state index contributed by atoms with van der Waals surface area (Å²) in [5.41, 5.74) is 0. The zero-order valence-electron chi connectivity index (χ0n) is 2.98. The fraction of sp³-hybridized carbons (Fsp3) is 1.00. The number of nitrogens with zero attached hydrogens (tertiary/aromatic N) is 1. The van der Waals surface area contributed by atoms with E-state index in [0.717, 1.165) is 24.3 Å². The molecular formula is C3H6NO+. The largest absolute Gasteiger partial charge is 0.198 e. The Morgan fingerprint density at radius 3 is 1.80 bits per heavy atom. The van der Waals surface area contributed by atoms with Gasteiger partial charge in [0.1, 0.15) is 0 Å². The highest BCUT2D eigenvalue weighted by Gasteiger charge is 2.18. The van der Waals surface area contributed by atoms with Crippen molar-refractivity contribution in [3.05, 3.63) is 4.91 Å². The lowest BCUT2D eigenvalue weighted by Gasteiger charge is -1.96. The highest BCUT2D eigenvalue weighted by molar-refractivity contribution is 4.38. The third-order valence-electron chi connectivity index (χ3n) is 0.815. The average Bonchev–Trinajstić information content (AvgIpc) is 1.30. The third-order valence-corrected chi connectivity index (χ3v) is 0.815. The predicted molar refractivity (Wildman–Crippen MR) is 18.0 cm³/mol. The lowest BCUT2D eigenvalue weighted by atomic mass is 10.3. The monoisotopic (exact) mass is 72.0 g/mol. The van der Waals surface area contributed by atoms with E-state index in [4.69, 9.17) is 0 Å². The fourth-order valence-corrected chi connectivity index (χ4v) is 0.287. The average molecular weight is 72.1 g/mol. The van der Waals surface area contributed by atoms with Gasteiger partial charge in [-0.2, -0.15) is 0 Å². The molecule has 0 radical (unpaired) electrons. The lowest BCUT2D eigenvalue weighted by Crippen LogP contribution is -2.24. The molecule has 0 N–H and O–H groups in total. The van der Waals surface area contributed by atoms with Crippen molar-refractivity contribution in [1.82, 2.24) is 0 Å². The van der Waals surface area contributed by atoms with Gasteiger partial charge in [0.2, 0.25) is 0 Å². The molecule has 0 aliphatic carbocycles. The second-order valence-corrected chi connectivity index (χ2v) is 1.28. The summed E-state index contributed by atoms with van der Waals surface area (Å²) in [6, 6.07) is 0. The van der Waals surface area contributed by atoms with Gasteiger partial charge in [0.05, 0.1) is 6.42 Å². The van der Waals surface area contributed by atoms with E-state index in [0.29, 0.717) is 0 Å². The first-order chi connectivity index (χ1) is 2.39. The van der Waals surface area contributed by atoms with E-state index < -0.39 is 0 Å². The first-order valence-electron chi connectivity index (χ1n) is 1.82. The van der Waals surface area contributed by atoms with Crippen LogP contribution in [0.25, 0.3) is 0 Å². The molecule has 2 heteroatoms. The first-order valence-corrected chi connectivity index (χ1v) is 1.82. The van der Waals surface area contributed by atoms with E-state index in [-0.39, 0.29) is 0 Å². The zero-order valence-corrected chi connectivity index (χ0v) is 2.98. The zero-order chi connectivity index (χ0) is 3.70. The molecule has 28 valence electrons. The second-order valence-electron chi connectivity index (χ2n) is 1.28. The normalized spacial score (nSPS) is 22.0. The van der Waals surface area contributed by atoms with Crippen LogP contribution in [0.5, 0.6) is 0 Å². The molecule has 0 aromatic rings. The van der Waals surface area contributed by atoms with E-state index in [1.807, 2.05) is 0 Å². The topological polar surface area (TPSA) is 20.1 Å². The molecule has 0 amide bonds. The lowest BCUT2D eigenvalue weighted by molar-refractivity contribution is -0.602. The fourth-order valence-electron chi connectivity index (χ4n) is 0.287. The van der Waals surface area contributed by atoms with Gasteiger partial charge in [0, 0.05) is 4.91 Å². The van der Waals surface area contributed by atoms with Gasteiger partial charge in [-0.25, -0.2) is 0 Å². The predicted octanol–water partition coefficient (Wildman–Crippen LogP) is 0.169. The molecule has 1 aliphatic rings. The molecule has 1 aliphatic heterocycles. The molecule has 1 fully saturated rings. The summed E-state index contributed by atoms with van der Waals surface area (Å²) in [6.45, 7) is 1.53. The van der Waals surface area contributed by atoms with Crippen LogP contribution in [-0.4, -0.2) is 17.8 Å². The minimum absolute atomic E-state index is 0.764. The number of rotatable bonds is 0. The van der Waals surface area contributed by atoms with Crippen molar-refractivity contribution in [2.75, 3.05) is 13.1 Å². The molecule has 0 atom stereocenters. The van der Waals surface area contributed by atoms with Crippen LogP contribution in [0.1, 0.15) is 6.42 Å². The maximum absolute atomic E-state index is 9.82. The van der Waals surface area contributed by atoms with Crippen LogP contribution in [0.2, 0.25) is 0 Å². The van der Waals surface area contributed by atoms with Crippen LogP contribution in [0.4, 0.5) is 0 Å². The molecule has 5 heavy (non-hydrogen) atoms. The molecule has 2 nitrogen and oxygen atoms in total. The summed E-state index contributed by atoms with van der Waals surface area (Å²) in [5.74, 6) is 0. The van der Waals surface area contributed by atoms with Crippen LogP contribution >= 0.6 is 0 Å². The maximum Gasteiger partial charge on any atom is 0.198 e. The standard InChI is InChI=1S/C3H6NO/c5-4-2-1-3-4/h1-3H2/q+1. The summed E-state index contributed by atoms with van der Waals surface area (Å²) in [6.07, 6.45) is 1.10. The Balaban J connectivity index is 2.32. The Hall–Kier alpha value is -0.400. The summed E-state index contributed by atoms with van der Waals surface area (Å²) in [5, 5.41) is 0. The Morgan fingerprint density at radius 2 is 1.80 bits per heavy atom. The molecule has 1 saturated heterocycles. The van der Waals surface area contributed by atoms with E-state index in [1.165, 1.54) is 0 Å². The summed E-state index contributed by atoms with van der Waals surface area (Å²) in [4.78, 5) is 9.82. The van der Waals surface area contributed by atoms with Gasteiger partial charge in [-0.15, -0.1) is 0 Å². The van der Waals surface area contributed by atoms with Crippen molar-refractivity contribution in [1.29, 1.82) is 0 Å². The smallest absolute Gasteiger partial charge is 0.00164 e. The SMILES string of the molecule is O=[N+]1CCC1. The van der Waals surface area contributed by atoms with Crippen molar-refractivity contribution < 1.29 is 4.76 Å². The van der Waals surface area contributed by atoms with E-state index in [1.54, 1.807) is 0 Å². The Bertz CT molecular complexity index is 53.9. The van der Waals surface area contributed by atoms with Gasteiger partial charge >= 0.3 is 0 Å². The molecule has 0 aromatic heterocycles. The van der Waals surface area contributed by atoms with Gasteiger partial charge < -0.3 is 0 Å². The minimum atomic E-state index is 0.764. The van der Waals surface area contributed by atoms with E-state index in [2.05, 4.69) is 0 Å². The highest BCUT2D eigenvalue weighted by Crippen LogP contribution is 1.92. The Morgan fingerprint density at radius 1 is 1.40 bits per heavy atom. The van der Waals surface area contributed by atoms with Crippen molar-refractivity contribution in [3.8, 4) is 0 Å². The molecule has 1 rings (SSSR count). The van der Waals surface area contributed by atoms with Crippen LogP contribution < -0.4 is 0 Å². The van der Waals surface area contributed by atoms with Crippen LogP contribution in [0.15, 0.2) is 0 Å². The van der Waals surface area contributed by atoms with Crippen molar-refractivity contribution in [2.24, 2.45) is 0 Å². The van der Waals surface area contributed by atoms with Crippen LogP contribution in [0.3, 0.4) is 0 Å². The molecule has 0 aromatic carbocycles. The van der Waals surface area contributed by atoms with Crippen molar-refractivity contribution in [2.45, 2.75) is 6.42 Å². The van der Waals surface area contributed by atoms with Crippen LogP contribution in [0, 0.1) is 4.91 Å². The van der Waals surface area contributed by atoms with E-state index in [9.17, 15) is 4.91 Å². The van der Waals surface area contributed by atoms with Crippen LogP contribution in [-0.2, 0) is 0 Å². The Kier molecular flexibility index (Phi) is 0.437. The Labute approximate surface area is 30.4 Å². The first kappa shape index (κ1) is 2.82. The number of nitroso groups, excluding NO2 is 1. The molecule has 0 unspecified atom stereocenters. The summed E-state index contributed by atoms with van der Waals surface area (Å²) < 4.78 is 1.06. The van der Waals surface area contributed by atoms with E-state index >= 15 is 0 Å². The van der Waals surface area contributed by atoms with Gasteiger partial charge in [0.15, 0.2) is 13.1 Å². The second kappa shape index (κ2) is 0.776. The minimum Gasteiger partial charge on any atom is -0.00164 e. The molecule has 0 bridgehead atoms. The summed E-state index contributed by atoms with van der Waals surface area (Å²) in [7, 11) is 0. The number of hydrogen-bond donors (Lipinski definition) is 0. The van der Waals surface area contributed by atoms with Crippen molar-refractivity contribution >= 4 is 0 Å². The van der Waals surface area contributed by atoms with Crippen molar-refractivity contribution in [3.63, 3.8) is 0 Å². The summed E-state index contributed by atoms with van der Waals surface area (Å²) >= 11 is 0. The number of hydrogen-bond acceptors (Lipinski definition) is 1. The highest BCUT2D eigenvalue weighted by atomic mass is 16.3. The van der Waals surface area contributed by atoms with Gasteiger partial charge in [-0.05, 0) is 4.76 Å². The van der Waals surface area contributed by atoms with Gasteiger partial charge in [-0.1, -0.05) is 0 Å². The van der Waals surface area contributed by atoms with Gasteiger partial charge in [-0.3, -0.25) is 0 Å². The maximum atomic E-state index is 9.82. The third kappa shape index (κ3) is 0.294. The molecule has 1 heterocycles. The molecular weight excluding hydrogens is 66.0 g/mol.